The number of hydrogen-bond acceptors (Lipinski definition) is 5. The van der Waals surface area contributed by atoms with Crippen molar-refractivity contribution >= 4 is 28.2 Å². The van der Waals surface area contributed by atoms with Crippen molar-refractivity contribution in [3.8, 4) is 0 Å². The molecule has 0 amide bonds. The zero-order valence-electron chi connectivity index (χ0n) is 23.4. The van der Waals surface area contributed by atoms with E-state index >= 15 is 0 Å². The van der Waals surface area contributed by atoms with Crippen molar-refractivity contribution in [1.29, 1.82) is 0 Å². The van der Waals surface area contributed by atoms with Crippen LogP contribution >= 0.6 is 0 Å². The summed E-state index contributed by atoms with van der Waals surface area (Å²) in [5.74, 6) is 2.03. The van der Waals surface area contributed by atoms with Gasteiger partial charge < -0.3 is 9.88 Å². The van der Waals surface area contributed by atoms with Gasteiger partial charge in [-0.2, -0.15) is 5.10 Å². The highest BCUT2D eigenvalue weighted by molar-refractivity contribution is 6.10. The predicted molar refractivity (Wildman–Crippen MR) is 156 cm³/mol. The molecule has 0 radical (unpaired) electrons. The number of hydrogen-bond donors (Lipinski definition) is 1. The van der Waals surface area contributed by atoms with Crippen LogP contribution < -0.4 is 5.32 Å². The number of allylic oxidation sites excluding steroid dienone is 3. The van der Waals surface area contributed by atoms with E-state index in [9.17, 15) is 4.79 Å². The molecule has 1 saturated carbocycles. The molecule has 38 heavy (non-hydrogen) atoms. The molecule has 7 heteroatoms. The Labute approximate surface area is 225 Å². The number of aliphatic imine (C=N–C) groups is 1. The van der Waals surface area contributed by atoms with Crippen LogP contribution in [0, 0.1) is 12.8 Å². The second kappa shape index (κ2) is 11.1. The van der Waals surface area contributed by atoms with Gasteiger partial charge in [0, 0.05) is 59.6 Å². The predicted octanol–water partition coefficient (Wildman–Crippen LogP) is 6.45. The lowest BCUT2D eigenvalue weighted by Crippen LogP contribution is -2.18. The highest BCUT2D eigenvalue weighted by atomic mass is 16.1. The smallest absolute Gasteiger partial charge is 0.168 e. The van der Waals surface area contributed by atoms with Gasteiger partial charge in [-0.05, 0) is 95.8 Å². The van der Waals surface area contributed by atoms with Crippen LogP contribution in [-0.2, 0) is 13.6 Å². The van der Waals surface area contributed by atoms with Gasteiger partial charge in [-0.3, -0.25) is 9.69 Å². The third-order valence-corrected chi connectivity index (χ3v) is 7.77. The van der Waals surface area contributed by atoms with E-state index in [2.05, 4.69) is 55.4 Å². The maximum Gasteiger partial charge on any atom is 0.168 e. The number of aromatic nitrogens is 3. The van der Waals surface area contributed by atoms with E-state index in [0.29, 0.717) is 0 Å². The number of anilines is 1. The molecule has 1 aliphatic carbocycles. The SMILES string of the molecule is C\C=C/C(=N\C(Nc1ccc2c(c1)c(C(=O)C1CC1)cn2C)=C(/C)CC)n1cc(CN2CCCC2)c(C)n1. The quantitative estimate of drug-likeness (QED) is 0.203. The second-order valence-corrected chi connectivity index (χ2v) is 10.8. The minimum absolute atomic E-state index is 0.191. The van der Waals surface area contributed by atoms with Crippen LogP contribution in [0.15, 0.2) is 59.1 Å². The molecule has 2 fully saturated rings. The highest BCUT2D eigenvalue weighted by Gasteiger charge is 2.32. The summed E-state index contributed by atoms with van der Waals surface area (Å²) in [6.45, 7) is 11.6. The van der Waals surface area contributed by atoms with Crippen LogP contribution in [-0.4, -0.2) is 44.0 Å². The Morgan fingerprint density at radius 2 is 1.97 bits per heavy atom. The first-order valence-electron chi connectivity index (χ1n) is 14.0. The molecule has 1 aromatic carbocycles. The standard InChI is InChI=1S/C31H40N6O/c1-6-10-29(37-19-24(22(4)34-37)18-36-15-8-9-16-36)33-31(21(3)7-2)32-25-13-14-28-26(17-25)27(20-35(28)5)30(38)23-11-12-23/h6,10,13-14,17,19-20,23,32H,7-9,11-12,15-16,18H2,1-5H3/b10-6-,31-21+,33-29+. The van der Waals surface area contributed by atoms with E-state index in [-0.39, 0.29) is 11.7 Å². The Kier molecular flexibility index (Phi) is 7.65. The first-order valence-corrected chi connectivity index (χ1v) is 14.0. The van der Waals surface area contributed by atoms with Crippen molar-refractivity contribution in [2.45, 2.75) is 66.3 Å². The van der Waals surface area contributed by atoms with Gasteiger partial charge >= 0.3 is 0 Å². The molecule has 0 unspecified atom stereocenters. The Bertz CT molecular complexity index is 1430. The number of nitrogens with one attached hydrogen (secondary N) is 1. The molecule has 1 N–H and O–H groups in total. The maximum absolute atomic E-state index is 12.9. The Balaban J connectivity index is 1.47. The summed E-state index contributed by atoms with van der Waals surface area (Å²) >= 11 is 0. The third kappa shape index (κ3) is 5.53. The van der Waals surface area contributed by atoms with Crippen LogP contribution in [0.25, 0.3) is 10.9 Å². The van der Waals surface area contributed by atoms with Crippen molar-refractivity contribution < 1.29 is 4.79 Å². The molecule has 200 valence electrons. The average molecular weight is 513 g/mol. The number of aryl methyl sites for hydroxylation is 2. The average Bonchev–Trinajstić information content (AvgIpc) is 3.38. The molecule has 1 aliphatic heterocycles. The number of ketones is 1. The first kappa shape index (κ1) is 26.2. The van der Waals surface area contributed by atoms with Crippen LogP contribution in [0.5, 0.6) is 0 Å². The topological polar surface area (TPSA) is 67.5 Å². The van der Waals surface area contributed by atoms with Crippen molar-refractivity contribution in [1.82, 2.24) is 19.2 Å². The van der Waals surface area contributed by atoms with Crippen molar-refractivity contribution in [2.75, 3.05) is 18.4 Å². The lowest BCUT2D eigenvalue weighted by Gasteiger charge is -2.13. The summed E-state index contributed by atoms with van der Waals surface area (Å²) in [7, 11) is 2.00. The summed E-state index contributed by atoms with van der Waals surface area (Å²) in [4.78, 5) is 20.5. The molecule has 7 nitrogen and oxygen atoms in total. The van der Waals surface area contributed by atoms with Gasteiger partial charge in [0.2, 0.25) is 0 Å². The summed E-state index contributed by atoms with van der Waals surface area (Å²) in [6.07, 6.45) is 13.5. The van der Waals surface area contributed by atoms with Gasteiger partial charge in [-0.15, -0.1) is 0 Å². The summed E-state index contributed by atoms with van der Waals surface area (Å²) in [6, 6.07) is 6.23. The van der Waals surface area contributed by atoms with Crippen LogP contribution in [0.2, 0.25) is 0 Å². The van der Waals surface area contributed by atoms with E-state index in [1.54, 1.807) is 0 Å². The molecule has 3 heterocycles. The lowest BCUT2D eigenvalue weighted by molar-refractivity contribution is 0.0969. The normalized spacial score (nSPS) is 17.6. The number of carbonyl (C=O) groups excluding carboxylic acids is 1. The number of carbonyl (C=O) groups is 1. The molecule has 2 aromatic heterocycles. The van der Waals surface area contributed by atoms with Crippen LogP contribution in [0.1, 0.15) is 74.5 Å². The van der Waals surface area contributed by atoms with Gasteiger partial charge in [0.15, 0.2) is 11.6 Å². The fourth-order valence-electron chi connectivity index (χ4n) is 5.14. The van der Waals surface area contributed by atoms with Crippen molar-refractivity contribution in [3.63, 3.8) is 0 Å². The largest absolute Gasteiger partial charge is 0.350 e. The van der Waals surface area contributed by atoms with E-state index in [1.807, 2.05) is 41.6 Å². The van der Waals surface area contributed by atoms with Crippen LogP contribution in [0.4, 0.5) is 5.69 Å². The van der Waals surface area contributed by atoms with Crippen molar-refractivity contribution in [3.05, 3.63) is 71.0 Å². The van der Waals surface area contributed by atoms with Gasteiger partial charge in [0.25, 0.3) is 0 Å². The van der Waals surface area contributed by atoms with E-state index in [4.69, 9.17) is 10.1 Å². The molecule has 2 aliphatic rings. The number of fused-ring (bicyclic) bond motifs is 1. The molecular formula is C31H40N6O. The molecule has 3 aromatic rings. The Morgan fingerprint density at radius 3 is 2.66 bits per heavy atom. The van der Waals surface area contributed by atoms with Gasteiger partial charge in [-0.25, -0.2) is 9.67 Å². The Hall–Kier alpha value is -3.45. The molecule has 0 atom stereocenters. The van der Waals surface area contributed by atoms with Crippen molar-refractivity contribution in [2.24, 2.45) is 18.0 Å². The highest BCUT2D eigenvalue weighted by Crippen LogP contribution is 2.36. The minimum Gasteiger partial charge on any atom is -0.350 e. The first-order chi connectivity index (χ1) is 18.4. The zero-order valence-corrected chi connectivity index (χ0v) is 23.4. The summed E-state index contributed by atoms with van der Waals surface area (Å²) in [5.41, 5.74) is 6.25. The number of rotatable bonds is 9. The Morgan fingerprint density at radius 1 is 1.21 bits per heavy atom. The molecular weight excluding hydrogens is 472 g/mol. The molecule has 0 bridgehead atoms. The summed E-state index contributed by atoms with van der Waals surface area (Å²) < 4.78 is 3.95. The fourth-order valence-corrected chi connectivity index (χ4v) is 5.14. The number of Topliss-reactive ketones (excluding diaryl/α,β-unsaturated/α-hetero) is 1. The van der Waals surface area contributed by atoms with E-state index in [0.717, 1.165) is 84.0 Å². The number of nitrogens with zero attached hydrogens (tertiary/aromatic N) is 5. The van der Waals surface area contributed by atoms with Gasteiger partial charge in [0.05, 0.1) is 5.69 Å². The van der Waals surface area contributed by atoms with Crippen LogP contribution in [0.3, 0.4) is 0 Å². The second-order valence-electron chi connectivity index (χ2n) is 10.8. The zero-order chi connectivity index (χ0) is 26.8. The fraction of sp³-hybridized carbons (Fsp3) is 0.452. The van der Waals surface area contributed by atoms with Gasteiger partial charge in [0.1, 0.15) is 5.82 Å². The molecule has 5 rings (SSSR count). The third-order valence-electron chi connectivity index (χ3n) is 7.77. The number of benzene rings is 1. The number of likely N-dealkylation sites (tertiary alicyclic amines) is 1. The lowest BCUT2D eigenvalue weighted by atomic mass is 10.1. The maximum atomic E-state index is 12.9. The van der Waals surface area contributed by atoms with Gasteiger partial charge in [-0.1, -0.05) is 13.0 Å². The minimum atomic E-state index is 0.191. The molecule has 1 saturated heterocycles. The van der Waals surface area contributed by atoms with E-state index < -0.39 is 0 Å². The molecule has 0 spiro atoms. The van der Waals surface area contributed by atoms with E-state index in [1.165, 1.54) is 18.4 Å². The monoisotopic (exact) mass is 512 g/mol. The summed E-state index contributed by atoms with van der Waals surface area (Å²) in [5, 5.41) is 9.40.